The second-order valence-corrected chi connectivity index (χ2v) is 8.09. The summed E-state index contributed by atoms with van der Waals surface area (Å²) in [7, 11) is 0. The van der Waals surface area contributed by atoms with Crippen LogP contribution >= 0.6 is 11.8 Å². The number of carbonyl (C=O) groups is 1. The lowest BCUT2D eigenvalue weighted by Crippen LogP contribution is -2.30. The number of rotatable bonds is 3. The number of para-hydroxylation sites is 1. The summed E-state index contributed by atoms with van der Waals surface area (Å²) in [6.07, 6.45) is 3.67. The minimum Gasteiger partial charge on any atom is -0.450 e. The number of pyridine rings is 1. The Labute approximate surface area is 177 Å². The van der Waals surface area contributed by atoms with Gasteiger partial charge in [-0.25, -0.2) is 4.98 Å². The molecule has 0 saturated carbocycles. The van der Waals surface area contributed by atoms with Crippen LogP contribution in [0, 0.1) is 6.92 Å². The average Bonchev–Trinajstić information content (AvgIpc) is 3.06. The molecule has 30 heavy (non-hydrogen) atoms. The molecule has 4 aromatic rings. The third-order valence-electron chi connectivity index (χ3n) is 5.36. The molecule has 1 atom stereocenters. The van der Waals surface area contributed by atoms with Crippen LogP contribution in [0.5, 0.6) is 0 Å². The summed E-state index contributed by atoms with van der Waals surface area (Å²) in [6.45, 7) is 1.94. The number of thioether (sulfide) groups is 1. The maximum atomic E-state index is 13.5. The number of fused-ring (bicyclic) bond motifs is 2. The number of anilines is 1. The molecule has 0 saturated heterocycles. The number of aromatic nitrogens is 1. The zero-order chi connectivity index (χ0) is 20.8. The molecule has 3 heterocycles. The van der Waals surface area contributed by atoms with Crippen LogP contribution in [0.25, 0.3) is 11.0 Å². The van der Waals surface area contributed by atoms with E-state index in [0.717, 1.165) is 16.0 Å². The number of benzene rings is 2. The lowest BCUT2D eigenvalue weighted by molar-refractivity contribution is 0.0970. The van der Waals surface area contributed by atoms with Gasteiger partial charge in [-0.1, -0.05) is 24.3 Å². The summed E-state index contributed by atoms with van der Waals surface area (Å²) >= 11 is 1.64. The van der Waals surface area contributed by atoms with Gasteiger partial charge in [0.1, 0.15) is 11.4 Å². The summed E-state index contributed by atoms with van der Waals surface area (Å²) in [5.74, 6) is 0.222. The summed E-state index contributed by atoms with van der Waals surface area (Å²) in [5, 5.41) is 0.467. The highest BCUT2D eigenvalue weighted by Crippen LogP contribution is 2.40. The van der Waals surface area contributed by atoms with Crippen molar-refractivity contribution in [3.8, 4) is 0 Å². The molecule has 1 amide bonds. The fourth-order valence-electron chi connectivity index (χ4n) is 3.91. The molecule has 0 radical (unpaired) electrons. The van der Waals surface area contributed by atoms with E-state index in [9.17, 15) is 9.59 Å². The van der Waals surface area contributed by atoms with E-state index in [2.05, 4.69) is 4.98 Å². The van der Waals surface area contributed by atoms with Gasteiger partial charge in [-0.3, -0.25) is 14.5 Å². The molecule has 1 aliphatic rings. The topological polar surface area (TPSA) is 63.4 Å². The van der Waals surface area contributed by atoms with E-state index in [1.807, 2.05) is 49.6 Å². The fraction of sp³-hybridized carbons (Fsp3) is 0.125. The normalized spacial score (nSPS) is 15.6. The van der Waals surface area contributed by atoms with Gasteiger partial charge in [-0.15, -0.1) is 11.8 Å². The van der Waals surface area contributed by atoms with Crippen LogP contribution in [0.3, 0.4) is 0 Å². The predicted octanol–water partition coefficient (Wildman–Crippen LogP) is 4.97. The zero-order valence-corrected chi connectivity index (χ0v) is 17.3. The quantitative estimate of drug-likeness (QED) is 0.443. The minimum atomic E-state index is -0.599. The molecule has 0 unspecified atom stereocenters. The summed E-state index contributed by atoms with van der Waals surface area (Å²) in [6, 6.07) is 18.0. The Kier molecular flexibility index (Phi) is 4.44. The SMILES string of the molecule is CSc1ccc([C@@H]2c3c(oc4ccccc4c3=O)C(=O)N2c2cc(C)ccn2)cc1. The molecule has 1 aliphatic heterocycles. The molecule has 0 spiro atoms. The highest BCUT2D eigenvalue weighted by molar-refractivity contribution is 7.98. The summed E-state index contributed by atoms with van der Waals surface area (Å²) < 4.78 is 5.95. The second-order valence-electron chi connectivity index (χ2n) is 7.21. The van der Waals surface area contributed by atoms with Crippen LogP contribution in [0.1, 0.15) is 33.3 Å². The number of hydrogen-bond donors (Lipinski definition) is 0. The van der Waals surface area contributed by atoms with E-state index in [1.165, 1.54) is 0 Å². The Morgan fingerprint density at radius 1 is 1.03 bits per heavy atom. The van der Waals surface area contributed by atoms with Crippen molar-refractivity contribution in [2.24, 2.45) is 0 Å². The van der Waals surface area contributed by atoms with Crippen molar-refractivity contribution in [1.82, 2.24) is 4.98 Å². The number of aryl methyl sites for hydroxylation is 1. The third-order valence-corrected chi connectivity index (χ3v) is 6.10. The van der Waals surface area contributed by atoms with Crippen LogP contribution in [0.2, 0.25) is 0 Å². The largest absolute Gasteiger partial charge is 0.450 e. The van der Waals surface area contributed by atoms with Crippen molar-refractivity contribution in [3.05, 3.63) is 99.5 Å². The maximum Gasteiger partial charge on any atom is 0.296 e. The van der Waals surface area contributed by atoms with Gasteiger partial charge in [0.05, 0.1) is 17.0 Å². The van der Waals surface area contributed by atoms with Crippen molar-refractivity contribution in [1.29, 1.82) is 0 Å². The lowest BCUT2D eigenvalue weighted by Gasteiger charge is -2.24. The van der Waals surface area contributed by atoms with Gasteiger partial charge < -0.3 is 4.42 Å². The molecular weight excluding hydrogens is 396 g/mol. The van der Waals surface area contributed by atoms with E-state index in [-0.39, 0.29) is 17.1 Å². The molecule has 148 valence electrons. The third kappa shape index (κ3) is 2.83. The fourth-order valence-corrected chi connectivity index (χ4v) is 4.32. The van der Waals surface area contributed by atoms with Crippen molar-refractivity contribution >= 4 is 34.5 Å². The second kappa shape index (κ2) is 7.15. The van der Waals surface area contributed by atoms with E-state index < -0.39 is 6.04 Å². The van der Waals surface area contributed by atoms with Crippen molar-refractivity contribution in [3.63, 3.8) is 0 Å². The van der Waals surface area contributed by atoms with Gasteiger partial charge in [0.15, 0.2) is 5.43 Å². The van der Waals surface area contributed by atoms with Crippen LogP contribution in [0.15, 0.2) is 81.0 Å². The first-order valence-electron chi connectivity index (χ1n) is 9.54. The van der Waals surface area contributed by atoms with Gasteiger partial charge >= 0.3 is 0 Å². The van der Waals surface area contributed by atoms with Gasteiger partial charge in [0, 0.05) is 11.1 Å². The Morgan fingerprint density at radius 3 is 2.53 bits per heavy atom. The standard InChI is InChI=1S/C24H18N2O3S/c1-14-11-12-25-19(13-14)26-21(15-7-9-16(30-2)10-8-15)20-22(27)17-5-3-4-6-18(17)29-23(20)24(26)28/h3-13,21H,1-2H3/t21-/m1/s1. The summed E-state index contributed by atoms with van der Waals surface area (Å²) in [4.78, 5) is 34.0. The number of nitrogens with zero attached hydrogens (tertiary/aromatic N) is 2. The first-order chi connectivity index (χ1) is 14.6. The van der Waals surface area contributed by atoms with Crippen LogP contribution in [-0.2, 0) is 0 Å². The number of amides is 1. The van der Waals surface area contributed by atoms with E-state index in [4.69, 9.17) is 4.42 Å². The molecule has 2 aromatic carbocycles. The smallest absolute Gasteiger partial charge is 0.296 e. The Bertz CT molecular complexity index is 1340. The predicted molar refractivity (Wildman–Crippen MR) is 118 cm³/mol. The van der Waals surface area contributed by atoms with Gasteiger partial charge in [0.25, 0.3) is 5.91 Å². The van der Waals surface area contributed by atoms with Gasteiger partial charge in [-0.05, 0) is 60.7 Å². The minimum absolute atomic E-state index is 0.0842. The molecule has 5 nitrogen and oxygen atoms in total. The highest BCUT2D eigenvalue weighted by atomic mass is 32.2. The van der Waals surface area contributed by atoms with E-state index in [1.54, 1.807) is 47.1 Å². The van der Waals surface area contributed by atoms with Crippen LogP contribution in [0.4, 0.5) is 5.82 Å². The summed E-state index contributed by atoms with van der Waals surface area (Å²) in [5.41, 5.74) is 2.40. The Balaban J connectivity index is 1.80. The molecule has 2 aromatic heterocycles. The van der Waals surface area contributed by atoms with Crippen LogP contribution in [-0.4, -0.2) is 17.1 Å². The molecule has 0 N–H and O–H groups in total. The number of hydrogen-bond acceptors (Lipinski definition) is 5. The molecule has 0 aliphatic carbocycles. The molecule has 0 bridgehead atoms. The van der Waals surface area contributed by atoms with Gasteiger partial charge in [0.2, 0.25) is 5.76 Å². The average molecular weight is 414 g/mol. The van der Waals surface area contributed by atoms with Crippen molar-refractivity contribution < 1.29 is 9.21 Å². The highest BCUT2D eigenvalue weighted by Gasteiger charge is 2.44. The first-order valence-corrected chi connectivity index (χ1v) is 10.8. The first kappa shape index (κ1) is 18.6. The van der Waals surface area contributed by atoms with E-state index in [0.29, 0.717) is 22.4 Å². The van der Waals surface area contributed by atoms with Crippen LogP contribution < -0.4 is 10.3 Å². The maximum absolute atomic E-state index is 13.5. The van der Waals surface area contributed by atoms with Crippen molar-refractivity contribution in [2.45, 2.75) is 17.9 Å². The molecule has 6 heteroatoms. The molecule has 0 fully saturated rings. The Hall–Kier alpha value is -3.38. The molecule has 5 rings (SSSR count). The lowest BCUT2D eigenvalue weighted by atomic mass is 9.98. The monoisotopic (exact) mass is 414 g/mol. The van der Waals surface area contributed by atoms with Gasteiger partial charge in [-0.2, -0.15) is 0 Å². The molecular formula is C24H18N2O3S. The van der Waals surface area contributed by atoms with Crippen molar-refractivity contribution in [2.75, 3.05) is 11.2 Å². The zero-order valence-electron chi connectivity index (χ0n) is 16.5. The van der Waals surface area contributed by atoms with E-state index >= 15 is 0 Å². The number of carbonyl (C=O) groups excluding carboxylic acids is 1. The Morgan fingerprint density at radius 2 is 1.80 bits per heavy atom.